The van der Waals surface area contributed by atoms with Gasteiger partial charge in [0.05, 0.1) is 31.4 Å². The number of carbonyl (C=O) groups excluding carboxylic acids is 2. The van der Waals surface area contributed by atoms with Gasteiger partial charge in [0.25, 0.3) is 17.5 Å². The zero-order chi connectivity index (χ0) is 32.2. The molecule has 3 aromatic carbocycles. The Morgan fingerprint density at radius 1 is 0.826 bits per heavy atom. The number of benzene rings is 3. The van der Waals surface area contributed by atoms with Gasteiger partial charge in [-0.25, -0.2) is 0 Å². The summed E-state index contributed by atoms with van der Waals surface area (Å²) in [5, 5.41) is 28.5. The van der Waals surface area contributed by atoms with Crippen LogP contribution in [0.15, 0.2) is 75.1 Å². The quantitative estimate of drug-likeness (QED) is 0.102. The molecule has 3 aromatic rings. The Labute approximate surface area is 264 Å². The number of nitro benzene ring substituents is 1. The van der Waals surface area contributed by atoms with Crippen LogP contribution in [0.4, 0.5) is 34.1 Å². The monoisotopic (exact) mass is 625 g/mol. The molecule has 0 spiro atoms. The van der Waals surface area contributed by atoms with Crippen LogP contribution < -0.4 is 19.1 Å². The van der Waals surface area contributed by atoms with Gasteiger partial charge in [-0.2, -0.15) is 5.11 Å². The number of azo groups is 2. The average Bonchev–Trinajstić information content (AvgIpc) is 3.40. The van der Waals surface area contributed by atoms with E-state index in [9.17, 15) is 19.7 Å². The zero-order valence-electron chi connectivity index (χ0n) is 25.3. The van der Waals surface area contributed by atoms with E-state index in [1.807, 2.05) is 6.07 Å². The fourth-order valence-electron chi connectivity index (χ4n) is 5.82. The summed E-state index contributed by atoms with van der Waals surface area (Å²) in [5.41, 5.74) is 5.08. The number of nitro groups is 1. The van der Waals surface area contributed by atoms with Crippen LogP contribution in [-0.4, -0.2) is 62.1 Å². The van der Waals surface area contributed by atoms with Crippen molar-refractivity contribution >= 4 is 45.9 Å². The molecule has 0 unspecified atom stereocenters. The lowest BCUT2D eigenvalue weighted by Gasteiger charge is -2.37. The predicted octanol–water partition coefficient (Wildman–Crippen LogP) is 6.45. The first-order valence-corrected chi connectivity index (χ1v) is 14.8. The van der Waals surface area contributed by atoms with E-state index in [-0.39, 0.29) is 30.7 Å². The minimum absolute atomic E-state index is 0.0453. The van der Waals surface area contributed by atoms with Gasteiger partial charge in [-0.1, -0.05) is 0 Å². The molecule has 3 aliphatic heterocycles. The van der Waals surface area contributed by atoms with Crippen molar-refractivity contribution < 1.29 is 28.7 Å². The summed E-state index contributed by atoms with van der Waals surface area (Å²) >= 11 is 0. The molecule has 0 fully saturated rings. The van der Waals surface area contributed by atoms with E-state index in [1.165, 1.54) is 61.9 Å². The second kappa shape index (κ2) is 13.1. The van der Waals surface area contributed by atoms with E-state index >= 15 is 0 Å². The molecule has 236 valence electrons. The van der Waals surface area contributed by atoms with Gasteiger partial charge in [0.15, 0.2) is 5.75 Å². The normalized spacial score (nSPS) is 15.6. The first-order valence-electron chi connectivity index (χ1n) is 14.8. The highest BCUT2D eigenvalue weighted by Gasteiger charge is 2.29. The molecular formula is C32H31N7O7. The Balaban J connectivity index is 1.31. The molecule has 3 heterocycles. The number of amides is 2. The summed E-state index contributed by atoms with van der Waals surface area (Å²) in [7, 11) is 2.99. The molecule has 0 aliphatic carbocycles. The average molecular weight is 626 g/mol. The Bertz CT molecular complexity index is 1770. The number of hydrogen-bond acceptors (Lipinski definition) is 12. The van der Waals surface area contributed by atoms with E-state index in [0.717, 1.165) is 49.2 Å². The SMILES string of the molecule is COc1cc(N=Nc2cc3c4c(c2OCCN2C(=O)C=CC2=O)CCCN4CCC3)c(OC)cc1N=Nc1ccc([N+](=O)[O-])cc1. The van der Waals surface area contributed by atoms with Crippen LogP contribution in [0.1, 0.15) is 24.0 Å². The highest BCUT2D eigenvalue weighted by atomic mass is 16.6. The van der Waals surface area contributed by atoms with E-state index in [1.54, 1.807) is 12.1 Å². The van der Waals surface area contributed by atoms with Crippen molar-refractivity contribution in [3.8, 4) is 17.2 Å². The summed E-state index contributed by atoms with van der Waals surface area (Å²) in [5.74, 6) is 0.599. The van der Waals surface area contributed by atoms with Gasteiger partial charge in [0, 0.05) is 60.8 Å². The van der Waals surface area contributed by atoms with Crippen LogP contribution >= 0.6 is 0 Å². The lowest BCUT2D eigenvalue weighted by molar-refractivity contribution is -0.384. The minimum atomic E-state index is -0.484. The number of imide groups is 1. The predicted molar refractivity (Wildman–Crippen MR) is 168 cm³/mol. The number of methoxy groups -OCH3 is 2. The van der Waals surface area contributed by atoms with Gasteiger partial charge >= 0.3 is 0 Å². The van der Waals surface area contributed by atoms with Gasteiger partial charge in [0.1, 0.15) is 35.2 Å². The number of non-ortho nitro benzene ring substituents is 1. The number of carbonyl (C=O) groups is 2. The summed E-state index contributed by atoms with van der Waals surface area (Å²) < 4.78 is 17.4. The Morgan fingerprint density at radius 3 is 2.07 bits per heavy atom. The van der Waals surface area contributed by atoms with Crippen molar-refractivity contribution in [2.24, 2.45) is 20.5 Å². The largest absolute Gasteiger partial charge is 0.494 e. The molecule has 14 heteroatoms. The number of nitrogens with zero attached hydrogens (tertiary/aromatic N) is 7. The number of hydrogen-bond donors (Lipinski definition) is 0. The summed E-state index contributed by atoms with van der Waals surface area (Å²) in [6, 6.07) is 10.9. The van der Waals surface area contributed by atoms with Gasteiger partial charge in [0.2, 0.25) is 0 Å². The first-order chi connectivity index (χ1) is 22.4. The van der Waals surface area contributed by atoms with Crippen LogP contribution in [-0.2, 0) is 22.4 Å². The van der Waals surface area contributed by atoms with Crippen molar-refractivity contribution in [2.45, 2.75) is 25.7 Å². The van der Waals surface area contributed by atoms with Crippen molar-refractivity contribution in [2.75, 3.05) is 45.4 Å². The lowest BCUT2D eigenvalue weighted by atomic mass is 9.90. The molecule has 0 radical (unpaired) electrons. The highest BCUT2D eigenvalue weighted by Crippen LogP contribution is 2.47. The standard InChI is InChI=1S/C32H31N7O7/c1-44-27-19-25(28(45-2)18-24(27)34-33-21-7-9-22(10-8-21)39(42)43)35-36-26-17-20-5-3-13-37-14-4-6-23(31(20)37)32(26)46-16-15-38-29(40)11-12-30(38)41/h7-12,17-19H,3-6,13-16H2,1-2H3. The van der Waals surface area contributed by atoms with Crippen LogP contribution in [0.2, 0.25) is 0 Å². The smallest absolute Gasteiger partial charge is 0.269 e. The van der Waals surface area contributed by atoms with E-state index in [2.05, 4.69) is 25.4 Å². The number of anilines is 1. The van der Waals surface area contributed by atoms with Gasteiger partial charge in [-0.3, -0.25) is 24.6 Å². The maximum atomic E-state index is 12.1. The highest BCUT2D eigenvalue weighted by molar-refractivity contribution is 6.12. The molecule has 6 rings (SSSR count). The van der Waals surface area contributed by atoms with Crippen LogP contribution in [0.25, 0.3) is 0 Å². The number of aryl methyl sites for hydroxylation is 1. The van der Waals surface area contributed by atoms with Gasteiger partial charge < -0.3 is 19.1 Å². The van der Waals surface area contributed by atoms with Crippen molar-refractivity contribution in [1.29, 1.82) is 0 Å². The van der Waals surface area contributed by atoms with E-state index < -0.39 is 4.92 Å². The lowest BCUT2D eigenvalue weighted by Crippen LogP contribution is -2.35. The molecule has 0 saturated heterocycles. The molecule has 3 aliphatic rings. The molecule has 14 nitrogen and oxygen atoms in total. The fourth-order valence-corrected chi connectivity index (χ4v) is 5.82. The van der Waals surface area contributed by atoms with Crippen molar-refractivity contribution in [3.05, 3.63) is 75.9 Å². The molecule has 2 amide bonds. The second-order valence-corrected chi connectivity index (χ2v) is 10.8. The third-order valence-corrected chi connectivity index (χ3v) is 7.99. The zero-order valence-corrected chi connectivity index (χ0v) is 25.3. The molecule has 0 aromatic heterocycles. The summed E-state index contributed by atoms with van der Waals surface area (Å²) in [6.45, 7) is 2.18. The second-order valence-electron chi connectivity index (χ2n) is 10.8. The summed E-state index contributed by atoms with van der Waals surface area (Å²) in [6.07, 6.45) is 6.24. The van der Waals surface area contributed by atoms with E-state index in [0.29, 0.717) is 40.0 Å². The third kappa shape index (κ3) is 6.14. The minimum Gasteiger partial charge on any atom is -0.494 e. The Morgan fingerprint density at radius 2 is 1.43 bits per heavy atom. The third-order valence-electron chi connectivity index (χ3n) is 7.99. The van der Waals surface area contributed by atoms with E-state index in [4.69, 9.17) is 14.2 Å². The Hall–Kier alpha value is -5.66. The maximum absolute atomic E-state index is 12.1. The Kier molecular flexibility index (Phi) is 8.68. The molecule has 0 saturated carbocycles. The van der Waals surface area contributed by atoms with Crippen LogP contribution in [0.3, 0.4) is 0 Å². The number of ether oxygens (including phenoxy) is 3. The maximum Gasteiger partial charge on any atom is 0.269 e. The molecule has 0 atom stereocenters. The van der Waals surface area contributed by atoms with Crippen LogP contribution in [0, 0.1) is 10.1 Å². The molecule has 0 N–H and O–H groups in total. The van der Waals surface area contributed by atoms with Gasteiger partial charge in [-0.15, -0.1) is 15.3 Å². The topological polar surface area (TPSA) is 161 Å². The first kappa shape index (κ1) is 30.4. The molecular weight excluding hydrogens is 594 g/mol. The van der Waals surface area contributed by atoms with Crippen molar-refractivity contribution in [3.63, 3.8) is 0 Å². The fraction of sp³-hybridized carbons (Fsp3) is 0.312. The number of rotatable bonds is 11. The molecule has 0 bridgehead atoms. The van der Waals surface area contributed by atoms with Gasteiger partial charge in [-0.05, 0) is 49.4 Å². The van der Waals surface area contributed by atoms with Crippen LogP contribution in [0.5, 0.6) is 17.2 Å². The van der Waals surface area contributed by atoms with Crippen molar-refractivity contribution in [1.82, 2.24) is 4.90 Å². The summed E-state index contributed by atoms with van der Waals surface area (Å²) in [4.78, 5) is 38.1. The molecule has 46 heavy (non-hydrogen) atoms.